The molecule has 0 fully saturated rings. The number of oxazole rings is 1. The summed E-state index contributed by atoms with van der Waals surface area (Å²) >= 11 is 0. The standard InChI is InChI=1S/C20H17NOP.C8H9NO/c1-16-20(21-15-9-8-14-19(21)22-16)23(17-10-4-2-5-11-17)18-12-6-3-7-13-18;9-6-8(10)7-4-2-1-3-5-7/h2-15H,1H3;1-5H,6,9H2/q+1;. The number of nitrogens with two attached hydrogens (primary N) is 1. The van der Waals surface area contributed by atoms with Crippen molar-refractivity contribution in [3.05, 3.63) is 127 Å². The second-order valence-electron chi connectivity index (χ2n) is 7.39. The molecule has 0 bridgehead atoms. The third kappa shape index (κ3) is 5.25. The first kappa shape index (κ1) is 22.6. The highest BCUT2D eigenvalue weighted by Crippen LogP contribution is 2.33. The van der Waals surface area contributed by atoms with Crippen LogP contribution in [0.2, 0.25) is 0 Å². The van der Waals surface area contributed by atoms with E-state index in [1.54, 1.807) is 12.1 Å². The molecule has 5 aromatic rings. The number of nitrogens with zero attached hydrogens (tertiary/aromatic N) is 1. The Morgan fingerprint density at radius 3 is 1.85 bits per heavy atom. The van der Waals surface area contributed by atoms with Gasteiger partial charge in [-0.1, -0.05) is 91.0 Å². The summed E-state index contributed by atoms with van der Waals surface area (Å²) in [7, 11) is -0.660. The summed E-state index contributed by atoms with van der Waals surface area (Å²) in [5, 5.41) is 2.66. The van der Waals surface area contributed by atoms with Gasteiger partial charge < -0.3 is 10.2 Å². The maximum absolute atomic E-state index is 10.9. The highest BCUT2D eigenvalue weighted by molar-refractivity contribution is 7.79. The van der Waals surface area contributed by atoms with E-state index in [2.05, 4.69) is 84.3 Å². The van der Waals surface area contributed by atoms with Crippen molar-refractivity contribution in [3.63, 3.8) is 0 Å². The Morgan fingerprint density at radius 1 is 0.788 bits per heavy atom. The number of benzene rings is 3. The Kier molecular flexibility index (Phi) is 7.41. The van der Waals surface area contributed by atoms with Gasteiger partial charge in [0, 0.05) is 18.6 Å². The number of hydrogen-bond donors (Lipinski definition) is 1. The summed E-state index contributed by atoms with van der Waals surface area (Å²) < 4.78 is 8.18. The highest BCUT2D eigenvalue weighted by Gasteiger charge is 2.30. The molecule has 5 heteroatoms. The second kappa shape index (κ2) is 10.8. The minimum Gasteiger partial charge on any atom is -0.402 e. The summed E-state index contributed by atoms with van der Waals surface area (Å²) in [5.41, 5.74) is 7.97. The number of pyridine rings is 1. The summed E-state index contributed by atoms with van der Waals surface area (Å²) in [6.45, 7) is 2.15. The molecule has 0 amide bonds. The summed E-state index contributed by atoms with van der Waals surface area (Å²) in [5.74, 6) is 0.968. The third-order valence-electron chi connectivity index (χ3n) is 5.14. The van der Waals surface area contributed by atoms with Gasteiger partial charge in [-0.3, -0.25) is 4.79 Å². The number of hydrogen-bond acceptors (Lipinski definition) is 3. The molecule has 164 valence electrons. The molecule has 2 aromatic heterocycles. The average Bonchev–Trinajstić information content (AvgIpc) is 3.21. The van der Waals surface area contributed by atoms with Gasteiger partial charge >= 0.3 is 5.71 Å². The predicted octanol–water partition coefficient (Wildman–Crippen LogP) is 3.91. The quantitative estimate of drug-likeness (QED) is 0.249. The molecule has 0 aliphatic rings. The zero-order valence-corrected chi connectivity index (χ0v) is 19.4. The summed E-state index contributed by atoms with van der Waals surface area (Å²) in [4.78, 5) is 10.9. The number of rotatable bonds is 5. The number of carbonyl (C=O) groups is 1. The Morgan fingerprint density at radius 2 is 1.30 bits per heavy atom. The number of ketones is 1. The van der Waals surface area contributed by atoms with Crippen molar-refractivity contribution in [2.45, 2.75) is 6.92 Å². The van der Waals surface area contributed by atoms with Crippen molar-refractivity contribution >= 4 is 35.5 Å². The van der Waals surface area contributed by atoms with Gasteiger partial charge in [0.15, 0.2) is 17.7 Å². The maximum atomic E-state index is 10.9. The highest BCUT2D eigenvalue weighted by atomic mass is 31.1. The Bertz CT molecular complexity index is 1280. The van der Waals surface area contributed by atoms with Crippen molar-refractivity contribution < 1.29 is 13.6 Å². The van der Waals surface area contributed by atoms with Gasteiger partial charge in [0.1, 0.15) is 0 Å². The van der Waals surface area contributed by atoms with Crippen LogP contribution in [0.15, 0.2) is 120 Å². The first-order valence-electron chi connectivity index (χ1n) is 10.8. The Balaban J connectivity index is 0.000000219. The van der Waals surface area contributed by atoms with E-state index in [4.69, 9.17) is 10.2 Å². The molecule has 4 nitrogen and oxygen atoms in total. The molecule has 0 spiro atoms. The van der Waals surface area contributed by atoms with E-state index in [1.807, 2.05) is 30.3 Å². The van der Waals surface area contributed by atoms with E-state index in [1.165, 1.54) is 16.0 Å². The number of fused-ring (bicyclic) bond motifs is 1. The van der Waals surface area contributed by atoms with E-state index < -0.39 is 7.92 Å². The van der Waals surface area contributed by atoms with Crippen LogP contribution in [0.5, 0.6) is 0 Å². The molecule has 33 heavy (non-hydrogen) atoms. The topological polar surface area (TPSA) is 60.3 Å². The molecule has 0 radical (unpaired) electrons. The fourth-order valence-electron chi connectivity index (χ4n) is 3.61. The lowest BCUT2D eigenvalue weighted by Crippen LogP contribution is -2.40. The zero-order chi connectivity index (χ0) is 23.0. The molecular formula is C28H26N2O2P+. The number of carbonyl (C=O) groups excluding carboxylic acids is 1. The van der Waals surface area contributed by atoms with E-state index in [0.29, 0.717) is 5.56 Å². The first-order chi connectivity index (χ1) is 16.2. The van der Waals surface area contributed by atoms with Crippen LogP contribution in [0.4, 0.5) is 0 Å². The molecular weight excluding hydrogens is 427 g/mol. The van der Waals surface area contributed by atoms with Crippen molar-refractivity contribution in [1.29, 1.82) is 0 Å². The lowest BCUT2D eigenvalue weighted by Gasteiger charge is -2.14. The number of aryl methyl sites for hydroxylation is 1. The maximum Gasteiger partial charge on any atom is 0.379 e. The van der Waals surface area contributed by atoms with Crippen molar-refractivity contribution in [2.75, 3.05) is 6.54 Å². The van der Waals surface area contributed by atoms with Crippen LogP contribution in [0.3, 0.4) is 0 Å². The van der Waals surface area contributed by atoms with Crippen LogP contribution in [0.1, 0.15) is 16.1 Å². The SMILES string of the molecule is Cc1oc2cccc[n+]2c1P(c1ccccc1)c1ccccc1.NCC(=O)c1ccccc1. The molecule has 5 rings (SSSR count). The molecule has 2 N–H and O–H groups in total. The number of Topliss-reactive ketones (excluding diaryl/α,β-unsaturated/α-hetero) is 1. The average molecular weight is 454 g/mol. The van der Waals surface area contributed by atoms with Gasteiger partial charge in [0.05, 0.1) is 20.5 Å². The minimum absolute atomic E-state index is 0.0133. The van der Waals surface area contributed by atoms with Crippen LogP contribution in [0.25, 0.3) is 5.71 Å². The molecule has 0 aliphatic heterocycles. The largest absolute Gasteiger partial charge is 0.402 e. The van der Waals surface area contributed by atoms with E-state index in [0.717, 1.165) is 11.5 Å². The lowest BCUT2D eigenvalue weighted by atomic mass is 10.1. The molecule has 0 saturated heterocycles. The second-order valence-corrected chi connectivity index (χ2v) is 9.52. The van der Waals surface area contributed by atoms with Crippen LogP contribution >= 0.6 is 7.92 Å². The van der Waals surface area contributed by atoms with Crippen molar-refractivity contribution in [1.82, 2.24) is 0 Å². The van der Waals surface area contributed by atoms with Gasteiger partial charge in [-0.2, -0.15) is 0 Å². The number of aromatic nitrogens is 1. The Labute approximate surface area is 195 Å². The van der Waals surface area contributed by atoms with Crippen LogP contribution in [-0.4, -0.2) is 12.3 Å². The van der Waals surface area contributed by atoms with Gasteiger partial charge in [-0.25, -0.2) is 0 Å². The van der Waals surface area contributed by atoms with Crippen LogP contribution < -0.4 is 26.2 Å². The van der Waals surface area contributed by atoms with E-state index >= 15 is 0 Å². The van der Waals surface area contributed by atoms with Gasteiger partial charge in [0.25, 0.3) is 5.44 Å². The van der Waals surface area contributed by atoms with Gasteiger partial charge in [-0.05, 0) is 16.7 Å². The third-order valence-corrected chi connectivity index (χ3v) is 7.73. The van der Waals surface area contributed by atoms with Gasteiger partial charge in [0.2, 0.25) is 0 Å². The molecule has 0 atom stereocenters. The van der Waals surface area contributed by atoms with E-state index in [9.17, 15) is 4.79 Å². The normalized spacial score (nSPS) is 10.6. The van der Waals surface area contributed by atoms with Crippen LogP contribution in [0, 0.1) is 6.92 Å². The summed E-state index contributed by atoms with van der Waals surface area (Å²) in [6.07, 6.45) is 2.09. The van der Waals surface area contributed by atoms with E-state index in [-0.39, 0.29) is 12.3 Å². The minimum atomic E-state index is -0.660. The molecule has 0 saturated carbocycles. The Hall–Kier alpha value is -3.59. The van der Waals surface area contributed by atoms with Crippen molar-refractivity contribution in [2.24, 2.45) is 5.73 Å². The first-order valence-corrected chi connectivity index (χ1v) is 12.1. The summed E-state index contributed by atoms with van der Waals surface area (Å²) in [6, 6.07) is 36.5. The fourth-order valence-corrected chi connectivity index (χ4v) is 6.08. The molecule has 0 aliphatic carbocycles. The smallest absolute Gasteiger partial charge is 0.379 e. The zero-order valence-electron chi connectivity index (χ0n) is 18.5. The van der Waals surface area contributed by atoms with Crippen molar-refractivity contribution in [3.8, 4) is 0 Å². The van der Waals surface area contributed by atoms with Crippen LogP contribution in [-0.2, 0) is 0 Å². The van der Waals surface area contributed by atoms with Gasteiger partial charge in [-0.15, -0.1) is 4.40 Å². The lowest BCUT2D eigenvalue weighted by molar-refractivity contribution is -0.493. The molecule has 0 unspecified atom stereocenters. The monoisotopic (exact) mass is 453 g/mol. The predicted molar refractivity (Wildman–Crippen MR) is 135 cm³/mol. The molecule has 3 aromatic carbocycles. The molecule has 2 heterocycles. The fraction of sp³-hybridized carbons (Fsp3) is 0.0714.